The van der Waals surface area contributed by atoms with Gasteiger partial charge in [0.25, 0.3) is 5.91 Å². The number of ether oxygens (including phenoxy) is 5. The Hall–Kier alpha value is -12.6. The van der Waals surface area contributed by atoms with Crippen LogP contribution in [0.15, 0.2) is 176 Å². The molecule has 0 spiro atoms. The van der Waals surface area contributed by atoms with Gasteiger partial charge >= 0.3 is 5.92 Å². The topological polar surface area (TPSA) is 405 Å². The van der Waals surface area contributed by atoms with Gasteiger partial charge in [-0.2, -0.15) is 8.78 Å². The van der Waals surface area contributed by atoms with Crippen LogP contribution in [0.1, 0.15) is 99.9 Å². The highest BCUT2D eigenvalue weighted by molar-refractivity contribution is 6.06. The van der Waals surface area contributed by atoms with Crippen LogP contribution in [0.4, 0.5) is 8.78 Å². The molecule has 1 aromatic heterocycles. The number of amides is 9. The van der Waals surface area contributed by atoms with Gasteiger partial charge in [0, 0.05) is 60.8 Å². The fraction of sp³-hybridized carbons (Fsp3) is 0.370. The minimum atomic E-state index is -3.88. The fourth-order valence-electron chi connectivity index (χ4n) is 14.8. The standard InChI is InChI=1S/C92H100F2N10O18/c1-50-65-22-12-11-19-62(65)43-67(50)84(113)97-52(3)82(111)104-75(44-63-45-95-69-24-14-13-23-66(63)69)87(116)99-70(78(107)89(5)47-120-89)38-54-25-30-59(31-26-54)60-20-15-17-56(35-60)40-71(79(108)90(6)48-121-90)101-86(115)74(103-83(112)53(4)98-88(117)92(8,93)94)42-58-29-34-76(119-10)68(37-58)61-21-16-18-57(36-61)41-72(80(109)91(7)49-122-91)100-85(114)73(39-55-27-32-64(118-9)33-28-55)102-81(110)51(2)96-77(106)46-105/h11-37,45,51-53,70-75,95,105H,38-44,46-49H2,1-10H3,(H,96,106)(H,97,113)(H,98,117)(H,99,116)(H,100,114)(H,101,115)(H,102,110)(H,103,112)(H,104,111). The molecular formula is C92H100F2N10O18. The van der Waals surface area contributed by atoms with Gasteiger partial charge < -0.3 is 81.6 Å². The van der Waals surface area contributed by atoms with E-state index in [1.54, 1.807) is 118 Å². The summed E-state index contributed by atoms with van der Waals surface area (Å²) in [7, 11) is 2.92. The second-order valence-electron chi connectivity index (χ2n) is 32.2. The van der Waals surface area contributed by atoms with Crippen LogP contribution >= 0.6 is 0 Å². The van der Waals surface area contributed by atoms with E-state index >= 15 is 4.79 Å². The molecule has 3 saturated heterocycles. The average molecular weight is 1670 g/mol. The number of hydrogen-bond donors (Lipinski definition) is 11. The summed E-state index contributed by atoms with van der Waals surface area (Å²) in [6.45, 7) is 10.4. The van der Waals surface area contributed by atoms with Gasteiger partial charge in [0.15, 0.2) is 17.3 Å². The average Bonchev–Trinajstić information content (AvgIpc) is 1.63. The number of nitrogens with one attached hydrogen (secondary N) is 10. The second kappa shape index (κ2) is 37.6. The highest BCUT2D eigenvalue weighted by atomic mass is 19.3. The first kappa shape index (κ1) is 88.6. The number of Topliss-reactive ketones (excluding diaryl/α,β-unsaturated/α-hetero) is 3. The van der Waals surface area contributed by atoms with E-state index in [9.17, 15) is 66.6 Å². The molecule has 3 fully saturated rings. The summed E-state index contributed by atoms with van der Waals surface area (Å²) in [6.07, 6.45) is 1.59. The molecule has 7 aromatic carbocycles. The number of alkyl halides is 2. The normalized spacial score (nSPS) is 19.0. The van der Waals surface area contributed by atoms with Crippen molar-refractivity contribution in [3.8, 4) is 33.8 Å². The molecule has 3 aliphatic heterocycles. The van der Waals surface area contributed by atoms with E-state index < -0.39 is 154 Å². The smallest absolute Gasteiger partial charge is 0.321 e. The second-order valence-corrected chi connectivity index (χ2v) is 32.2. The largest absolute Gasteiger partial charge is 0.497 e. The zero-order chi connectivity index (χ0) is 87.7. The predicted molar refractivity (Wildman–Crippen MR) is 447 cm³/mol. The Morgan fingerprint density at radius 3 is 1.40 bits per heavy atom. The Morgan fingerprint density at radius 2 is 0.893 bits per heavy atom. The zero-order valence-electron chi connectivity index (χ0n) is 69.3. The van der Waals surface area contributed by atoms with Crippen LogP contribution < -0.4 is 57.3 Å². The molecule has 4 aliphatic rings. The van der Waals surface area contributed by atoms with E-state index in [1.807, 2.05) is 85.0 Å². The summed E-state index contributed by atoms with van der Waals surface area (Å²) >= 11 is 0. The number of epoxide rings is 3. The number of ketones is 3. The number of aliphatic hydroxyl groups is 1. The van der Waals surface area contributed by atoms with Gasteiger partial charge in [0.1, 0.15) is 71.2 Å². The van der Waals surface area contributed by atoms with Crippen molar-refractivity contribution in [3.05, 3.63) is 220 Å². The van der Waals surface area contributed by atoms with Crippen molar-refractivity contribution in [3.63, 3.8) is 0 Å². The number of halogens is 2. The van der Waals surface area contributed by atoms with Crippen LogP contribution in [0.3, 0.4) is 0 Å². The van der Waals surface area contributed by atoms with Crippen LogP contribution in [0.25, 0.3) is 38.7 Å². The molecule has 12 rings (SSSR count). The summed E-state index contributed by atoms with van der Waals surface area (Å²) in [5, 5.41) is 34.2. The number of H-pyrrole nitrogens is 1. The number of allylic oxidation sites excluding steroid dienone is 1. The number of methoxy groups -OCH3 is 2. The van der Waals surface area contributed by atoms with Crippen LogP contribution in [0.5, 0.6) is 11.5 Å². The van der Waals surface area contributed by atoms with Crippen molar-refractivity contribution in [1.29, 1.82) is 0 Å². The molecule has 12 unspecified atom stereocenters. The van der Waals surface area contributed by atoms with Gasteiger partial charge in [-0.3, -0.25) is 57.5 Å². The molecule has 0 radical (unpaired) electrons. The van der Waals surface area contributed by atoms with Gasteiger partial charge in [-0.1, -0.05) is 133 Å². The molecule has 11 N–H and O–H groups in total. The minimum absolute atomic E-state index is 0.00810. The highest BCUT2D eigenvalue weighted by Crippen LogP contribution is 2.37. The molecule has 0 bridgehead atoms. The van der Waals surface area contributed by atoms with E-state index in [0.717, 1.165) is 34.5 Å². The quantitative estimate of drug-likeness (QED) is 0.0195. The van der Waals surface area contributed by atoms with Gasteiger partial charge in [0.2, 0.25) is 47.3 Å². The van der Waals surface area contributed by atoms with E-state index in [1.165, 1.54) is 28.1 Å². The number of aromatic amines is 1. The number of para-hydroxylation sites is 1. The number of aromatic nitrogens is 1. The summed E-state index contributed by atoms with van der Waals surface area (Å²) in [5.74, 6) is -12.1. The molecule has 4 heterocycles. The van der Waals surface area contributed by atoms with Crippen molar-refractivity contribution < 1.29 is 95.1 Å². The van der Waals surface area contributed by atoms with Crippen molar-refractivity contribution >= 4 is 87.0 Å². The Balaban J connectivity index is 0.765. The summed E-state index contributed by atoms with van der Waals surface area (Å²) < 4.78 is 56.7. The van der Waals surface area contributed by atoms with Crippen molar-refractivity contribution in [1.82, 2.24) is 52.8 Å². The number of carbonyl (C=O) groups excluding carboxylic acids is 12. The lowest BCUT2D eigenvalue weighted by atomic mass is 9.91. The SMILES string of the molecule is COc1ccc(CC(NC(=O)C(C)NC(=O)CO)C(=O)NC(Cc2cccc(-c3cc(CC(NC(=O)C(C)NC(=O)C(C)(F)F)C(=O)NC(Cc4cccc(-c5ccc(CC(NC(=O)C(Cc6c[nH]c7ccccc67)NC(=O)C(C)NC(=O)C6=C(C)c7ccccc7C6)C(=O)C6(C)CO6)cc5)c4)C(=O)C4(C)CO4)ccc3OC)c2)C(=O)C2(C)CO2)cc1. The van der Waals surface area contributed by atoms with Crippen LogP contribution in [0.2, 0.25) is 0 Å². The molecule has 28 nitrogen and oxygen atoms in total. The Bertz CT molecular complexity index is 5380. The summed E-state index contributed by atoms with van der Waals surface area (Å²) in [5.41, 5.74) is 6.13. The molecule has 12 atom stereocenters. The lowest BCUT2D eigenvalue weighted by Crippen LogP contribution is -2.57. The lowest BCUT2D eigenvalue weighted by molar-refractivity contribution is -0.145. The van der Waals surface area contributed by atoms with Crippen molar-refractivity contribution in [2.45, 2.75) is 177 Å². The molecule has 0 saturated carbocycles. The van der Waals surface area contributed by atoms with Gasteiger partial charge in [-0.25, -0.2) is 0 Å². The number of hydrogen-bond acceptors (Lipinski definition) is 18. The number of benzene rings is 7. The molecule has 30 heteroatoms. The molecule has 9 amide bonds. The summed E-state index contributed by atoms with van der Waals surface area (Å²) in [4.78, 5) is 172. The number of aliphatic hydroxyl groups excluding tert-OH is 1. The third kappa shape index (κ3) is 21.7. The highest BCUT2D eigenvalue weighted by Gasteiger charge is 2.53. The van der Waals surface area contributed by atoms with Crippen LogP contribution in [-0.2, 0) is 117 Å². The molecule has 122 heavy (non-hydrogen) atoms. The maximum absolute atomic E-state index is 15.2. The maximum Gasteiger partial charge on any atom is 0.321 e. The first-order chi connectivity index (χ1) is 58.0. The third-order valence-electron chi connectivity index (χ3n) is 22.6. The van der Waals surface area contributed by atoms with Gasteiger partial charge in [0.05, 0.1) is 52.2 Å². The zero-order valence-corrected chi connectivity index (χ0v) is 69.3. The molecular weight excluding hydrogens is 1570 g/mol. The fourth-order valence-corrected chi connectivity index (χ4v) is 14.8. The summed E-state index contributed by atoms with van der Waals surface area (Å²) in [6, 6.07) is 36.5. The van der Waals surface area contributed by atoms with Crippen LogP contribution in [-0.4, -0.2) is 198 Å². The third-order valence-corrected chi connectivity index (χ3v) is 22.6. The lowest BCUT2D eigenvalue weighted by Gasteiger charge is -2.26. The van der Waals surface area contributed by atoms with Crippen molar-refractivity contribution in [2.75, 3.05) is 40.6 Å². The number of carbonyl (C=O) groups is 12. The number of fused-ring (bicyclic) bond motifs is 2. The first-order valence-corrected chi connectivity index (χ1v) is 40.2. The van der Waals surface area contributed by atoms with Gasteiger partial charge in [-0.15, -0.1) is 0 Å². The Kier molecular flexibility index (Phi) is 27.3. The number of rotatable bonds is 40. The molecule has 1 aliphatic carbocycles. The predicted octanol–water partition coefficient (Wildman–Crippen LogP) is 6.05. The van der Waals surface area contributed by atoms with E-state index in [2.05, 4.69) is 47.5 Å². The first-order valence-electron chi connectivity index (χ1n) is 40.2. The minimum Gasteiger partial charge on any atom is -0.497 e. The van der Waals surface area contributed by atoms with E-state index in [-0.39, 0.29) is 58.3 Å². The maximum atomic E-state index is 15.2. The van der Waals surface area contributed by atoms with Crippen LogP contribution in [0, 0.1) is 0 Å². The van der Waals surface area contributed by atoms with E-state index in [4.69, 9.17) is 23.7 Å². The molecule has 640 valence electrons. The van der Waals surface area contributed by atoms with Gasteiger partial charge in [-0.05, 0) is 165 Å². The van der Waals surface area contributed by atoms with E-state index in [0.29, 0.717) is 86.1 Å². The molecule has 8 aromatic rings. The van der Waals surface area contributed by atoms with Crippen molar-refractivity contribution in [2.24, 2.45) is 0 Å². The monoisotopic (exact) mass is 1670 g/mol. The Morgan fingerprint density at radius 1 is 0.459 bits per heavy atom. The Labute approximate surface area is 703 Å².